The van der Waals surface area contributed by atoms with Crippen LogP contribution in [0.5, 0.6) is 0 Å². The maximum Gasteiger partial charge on any atom is 0.317 e. The number of carbonyl (C=O) groups is 2. The molecule has 0 unspecified atom stereocenters. The molecule has 0 aromatic heterocycles. The van der Waals surface area contributed by atoms with E-state index in [1.165, 1.54) is 4.90 Å². The van der Waals surface area contributed by atoms with E-state index in [4.69, 9.17) is 16.3 Å². The quantitative estimate of drug-likeness (QED) is 0.718. The number of rotatable bonds is 5. The fourth-order valence-electron chi connectivity index (χ4n) is 3.16. The van der Waals surface area contributed by atoms with Crippen LogP contribution in [0.15, 0.2) is 24.3 Å². The number of sulfone groups is 1. The van der Waals surface area contributed by atoms with Gasteiger partial charge in [0.25, 0.3) is 5.91 Å². The van der Waals surface area contributed by atoms with Gasteiger partial charge in [-0.2, -0.15) is 0 Å². The zero-order valence-corrected chi connectivity index (χ0v) is 15.5. The number of ether oxygens (including phenoxy) is 1. The van der Waals surface area contributed by atoms with Gasteiger partial charge in [0, 0.05) is 18.1 Å². The molecule has 1 saturated carbocycles. The summed E-state index contributed by atoms with van der Waals surface area (Å²) in [5.74, 6) is -0.745. The van der Waals surface area contributed by atoms with Crippen molar-refractivity contribution in [2.75, 3.05) is 25.2 Å². The van der Waals surface area contributed by atoms with Crippen molar-refractivity contribution in [3.63, 3.8) is 0 Å². The van der Waals surface area contributed by atoms with Crippen molar-refractivity contribution in [3.8, 4) is 0 Å². The lowest BCUT2D eigenvalue weighted by Gasteiger charge is -2.23. The molecule has 1 heterocycles. The summed E-state index contributed by atoms with van der Waals surface area (Å²) in [4.78, 5) is 26.0. The molecule has 1 amide bonds. The highest BCUT2D eigenvalue weighted by atomic mass is 35.5. The zero-order chi connectivity index (χ0) is 18.2. The second-order valence-corrected chi connectivity index (χ2v) is 9.39. The van der Waals surface area contributed by atoms with Crippen LogP contribution >= 0.6 is 11.6 Å². The van der Waals surface area contributed by atoms with Gasteiger partial charge in [0.2, 0.25) is 0 Å². The Labute approximate surface area is 152 Å². The van der Waals surface area contributed by atoms with Crippen molar-refractivity contribution in [2.45, 2.75) is 30.7 Å². The van der Waals surface area contributed by atoms with Crippen LogP contribution in [0.25, 0.3) is 0 Å². The molecule has 1 aliphatic carbocycles. The molecule has 0 N–H and O–H groups in total. The summed E-state index contributed by atoms with van der Waals surface area (Å²) in [6.07, 6.45) is 1.78. The minimum absolute atomic E-state index is 0.0299. The predicted molar refractivity (Wildman–Crippen MR) is 93.2 cm³/mol. The molecule has 1 aliphatic heterocycles. The summed E-state index contributed by atoms with van der Waals surface area (Å²) in [5, 5.41) is 0.594. The van der Waals surface area contributed by atoms with E-state index in [-0.39, 0.29) is 30.1 Å². The van der Waals surface area contributed by atoms with E-state index >= 15 is 0 Å². The molecule has 136 valence electrons. The summed E-state index contributed by atoms with van der Waals surface area (Å²) in [7, 11) is -1.52. The van der Waals surface area contributed by atoms with Gasteiger partial charge < -0.3 is 9.64 Å². The molecule has 0 bridgehead atoms. The minimum Gasteiger partial charge on any atom is -0.455 e. The second kappa shape index (κ2) is 6.61. The molecular formula is C17H20ClNO5S. The Bertz CT molecular complexity index is 786. The smallest absolute Gasteiger partial charge is 0.317 e. The van der Waals surface area contributed by atoms with Gasteiger partial charge in [-0.05, 0) is 37.0 Å². The number of halogens is 1. The van der Waals surface area contributed by atoms with Crippen molar-refractivity contribution in [2.24, 2.45) is 0 Å². The van der Waals surface area contributed by atoms with Crippen LogP contribution in [0.1, 0.15) is 24.8 Å². The number of carbonyl (C=O) groups excluding carboxylic acids is 2. The third-order valence-corrected chi connectivity index (χ3v) is 7.02. The first-order valence-electron chi connectivity index (χ1n) is 8.13. The first-order chi connectivity index (χ1) is 11.7. The van der Waals surface area contributed by atoms with E-state index in [0.29, 0.717) is 24.3 Å². The average Bonchev–Trinajstić information content (AvgIpc) is 3.30. The summed E-state index contributed by atoms with van der Waals surface area (Å²) < 4.78 is 28.3. The third-order valence-electron chi connectivity index (χ3n) is 5.01. The molecule has 1 atom stereocenters. The number of nitrogens with zero attached hydrogens (tertiary/aromatic N) is 1. The van der Waals surface area contributed by atoms with Crippen LogP contribution in [-0.2, 0) is 29.6 Å². The SMILES string of the molecule is CN(C(=O)COC(=O)C1(c2ccc(Cl)cc2)CC1)[C@@H]1CCS(=O)(=O)C1. The highest BCUT2D eigenvalue weighted by Gasteiger charge is 2.53. The predicted octanol–water partition coefficient (Wildman–Crippen LogP) is 1.56. The molecule has 3 rings (SSSR count). The number of benzene rings is 1. The fourth-order valence-corrected chi connectivity index (χ4v) is 5.06. The Balaban J connectivity index is 1.57. The maximum atomic E-state index is 12.4. The number of likely N-dealkylation sites (N-methyl/N-ethyl adjacent to an activating group) is 1. The monoisotopic (exact) mass is 385 g/mol. The lowest BCUT2D eigenvalue weighted by atomic mass is 9.96. The van der Waals surface area contributed by atoms with Crippen LogP contribution in [0.2, 0.25) is 5.02 Å². The molecule has 1 aromatic rings. The van der Waals surface area contributed by atoms with Crippen LogP contribution < -0.4 is 0 Å². The number of esters is 1. The highest BCUT2D eigenvalue weighted by molar-refractivity contribution is 7.91. The lowest BCUT2D eigenvalue weighted by Crippen LogP contribution is -2.41. The molecule has 2 aliphatic rings. The Kier molecular flexibility index (Phi) is 4.81. The van der Waals surface area contributed by atoms with Gasteiger partial charge in [-0.15, -0.1) is 0 Å². The van der Waals surface area contributed by atoms with E-state index in [0.717, 1.165) is 5.56 Å². The van der Waals surface area contributed by atoms with Gasteiger partial charge in [0.15, 0.2) is 16.4 Å². The van der Waals surface area contributed by atoms with Crippen molar-refractivity contribution in [3.05, 3.63) is 34.9 Å². The lowest BCUT2D eigenvalue weighted by molar-refractivity contribution is -0.154. The summed E-state index contributed by atoms with van der Waals surface area (Å²) >= 11 is 5.87. The zero-order valence-electron chi connectivity index (χ0n) is 13.9. The van der Waals surface area contributed by atoms with Gasteiger partial charge in [0.05, 0.1) is 16.9 Å². The first-order valence-corrected chi connectivity index (χ1v) is 10.3. The third kappa shape index (κ3) is 3.82. The Morgan fingerprint density at radius 2 is 1.92 bits per heavy atom. The summed E-state index contributed by atoms with van der Waals surface area (Å²) in [5.41, 5.74) is 0.157. The highest BCUT2D eigenvalue weighted by Crippen LogP contribution is 2.49. The number of amides is 1. The van der Waals surface area contributed by atoms with Gasteiger partial charge in [-0.1, -0.05) is 23.7 Å². The van der Waals surface area contributed by atoms with E-state index in [9.17, 15) is 18.0 Å². The normalized spacial score (nSPS) is 23.0. The van der Waals surface area contributed by atoms with Crippen LogP contribution in [0.3, 0.4) is 0 Å². The van der Waals surface area contributed by atoms with Crippen LogP contribution in [0.4, 0.5) is 0 Å². The largest absolute Gasteiger partial charge is 0.455 e. The summed E-state index contributed by atoms with van der Waals surface area (Å²) in [6, 6.07) is 6.71. The molecule has 2 fully saturated rings. The van der Waals surface area contributed by atoms with Gasteiger partial charge in [-0.25, -0.2) is 8.42 Å². The maximum absolute atomic E-state index is 12.4. The average molecular weight is 386 g/mol. The fraction of sp³-hybridized carbons (Fsp3) is 0.529. The van der Waals surface area contributed by atoms with Crippen molar-refractivity contribution < 1.29 is 22.7 Å². The molecule has 0 spiro atoms. The topological polar surface area (TPSA) is 80.8 Å². The molecule has 6 nitrogen and oxygen atoms in total. The van der Waals surface area contributed by atoms with Crippen LogP contribution in [-0.4, -0.2) is 56.4 Å². The van der Waals surface area contributed by atoms with Gasteiger partial charge in [0.1, 0.15) is 0 Å². The number of hydrogen-bond donors (Lipinski definition) is 0. The molecule has 0 radical (unpaired) electrons. The van der Waals surface area contributed by atoms with Crippen LogP contribution in [0, 0.1) is 0 Å². The van der Waals surface area contributed by atoms with E-state index in [2.05, 4.69) is 0 Å². The van der Waals surface area contributed by atoms with Gasteiger partial charge in [-0.3, -0.25) is 9.59 Å². The molecule has 1 aromatic carbocycles. The Morgan fingerprint density at radius 1 is 1.28 bits per heavy atom. The summed E-state index contributed by atoms with van der Waals surface area (Å²) in [6.45, 7) is -0.374. The molecule has 25 heavy (non-hydrogen) atoms. The van der Waals surface area contributed by atoms with E-state index in [1.54, 1.807) is 31.3 Å². The molecule has 8 heteroatoms. The van der Waals surface area contributed by atoms with Crippen molar-refractivity contribution in [1.29, 1.82) is 0 Å². The number of hydrogen-bond acceptors (Lipinski definition) is 5. The second-order valence-electron chi connectivity index (χ2n) is 6.73. The van der Waals surface area contributed by atoms with Crippen molar-refractivity contribution >= 4 is 33.3 Å². The standard InChI is InChI=1S/C17H20ClNO5S/c1-19(14-6-9-25(22,23)11-14)15(20)10-24-16(21)17(7-8-17)12-2-4-13(18)5-3-12/h2-5,14H,6-11H2,1H3/t14-/m1/s1. The van der Waals surface area contributed by atoms with E-state index in [1.807, 2.05) is 0 Å². The molecule has 1 saturated heterocycles. The Hall–Kier alpha value is -1.60. The molecular weight excluding hydrogens is 366 g/mol. The van der Waals surface area contributed by atoms with Crippen molar-refractivity contribution in [1.82, 2.24) is 4.90 Å². The minimum atomic E-state index is -3.07. The van der Waals surface area contributed by atoms with Gasteiger partial charge >= 0.3 is 5.97 Å². The van der Waals surface area contributed by atoms with E-state index < -0.39 is 21.2 Å². The first kappa shape index (κ1) is 18.2. The Morgan fingerprint density at radius 3 is 2.44 bits per heavy atom.